The smallest absolute Gasteiger partial charge is 0.230 e. The zero-order valence-corrected chi connectivity index (χ0v) is 7.66. The summed E-state index contributed by atoms with van der Waals surface area (Å²) >= 11 is 0. The van der Waals surface area contributed by atoms with Crippen LogP contribution in [0.1, 0.15) is 15.9 Å². The molecule has 78 valence electrons. The molecule has 15 heavy (non-hydrogen) atoms. The van der Waals surface area contributed by atoms with Crippen molar-refractivity contribution >= 4 is 6.29 Å². The maximum atomic E-state index is 10.4. The summed E-state index contributed by atoms with van der Waals surface area (Å²) in [6, 6.07) is 6.68. The number of hydrogen-bond donors (Lipinski definition) is 3. The summed E-state index contributed by atoms with van der Waals surface area (Å²) in [6.07, 6.45) is -1.45. The number of rotatable bonds is 3. The van der Waals surface area contributed by atoms with Crippen molar-refractivity contribution < 1.29 is 20.1 Å². The van der Waals surface area contributed by atoms with Gasteiger partial charge in [0.05, 0.1) is 0 Å². The van der Waals surface area contributed by atoms with E-state index in [-0.39, 0.29) is 11.1 Å². The molecule has 3 N–H and O–H groups in total. The summed E-state index contributed by atoms with van der Waals surface area (Å²) in [6.45, 7) is 0. The standard InChI is InChI=1S/C10H9NO4/c11-5-9(13)10(14,15)8-3-1-2-7(4-8)6-12/h1-4,6,9,13-15H. The van der Waals surface area contributed by atoms with E-state index in [4.69, 9.17) is 10.4 Å². The van der Waals surface area contributed by atoms with E-state index in [2.05, 4.69) is 0 Å². The third kappa shape index (κ3) is 2.19. The van der Waals surface area contributed by atoms with Gasteiger partial charge in [-0.3, -0.25) is 4.79 Å². The predicted molar refractivity (Wildman–Crippen MR) is 49.6 cm³/mol. The molecule has 5 nitrogen and oxygen atoms in total. The average Bonchev–Trinajstić information content (AvgIpc) is 2.27. The summed E-state index contributed by atoms with van der Waals surface area (Å²) < 4.78 is 0. The quantitative estimate of drug-likeness (QED) is 0.353. The van der Waals surface area contributed by atoms with E-state index in [0.717, 1.165) is 0 Å². The van der Waals surface area contributed by atoms with Gasteiger partial charge in [-0.25, -0.2) is 0 Å². The van der Waals surface area contributed by atoms with E-state index in [9.17, 15) is 15.0 Å². The van der Waals surface area contributed by atoms with Crippen LogP contribution in [0.3, 0.4) is 0 Å². The van der Waals surface area contributed by atoms with E-state index in [0.29, 0.717) is 6.29 Å². The van der Waals surface area contributed by atoms with E-state index >= 15 is 0 Å². The van der Waals surface area contributed by atoms with Crippen LogP contribution in [0.4, 0.5) is 0 Å². The predicted octanol–water partition coefficient (Wildman–Crippen LogP) is -0.479. The first-order valence-electron chi connectivity index (χ1n) is 4.10. The Balaban J connectivity index is 3.15. The number of carbonyl (C=O) groups excluding carboxylic acids is 1. The van der Waals surface area contributed by atoms with Gasteiger partial charge in [-0.15, -0.1) is 0 Å². The van der Waals surface area contributed by atoms with E-state index in [1.165, 1.54) is 30.3 Å². The molecule has 0 heterocycles. The molecule has 0 spiro atoms. The van der Waals surface area contributed by atoms with Crippen LogP contribution < -0.4 is 0 Å². The van der Waals surface area contributed by atoms with Crippen LogP contribution in [-0.4, -0.2) is 27.7 Å². The van der Waals surface area contributed by atoms with Gasteiger partial charge in [0.2, 0.25) is 5.79 Å². The highest BCUT2D eigenvalue weighted by atomic mass is 16.5. The number of aldehydes is 1. The Morgan fingerprint density at radius 1 is 1.47 bits per heavy atom. The molecule has 0 amide bonds. The molecule has 1 aromatic rings. The third-order valence-electron chi connectivity index (χ3n) is 1.95. The molecule has 1 rings (SSSR count). The van der Waals surface area contributed by atoms with Gasteiger partial charge in [-0.2, -0.15) is 5.26 Å². The maximum absolute atomic E-state index is 10.4. The molecule has 0 aromatic heterocycles. The minimum Gasteiger partial charge on any atom is -0.373 e. The Bertz CT molecular complexity index is 408. The van der Waals surface area contributed by atoms with Crippen molar-refractivity contribution in [3.8, 4) is 6.07 Å². The molecule has 1 unspecified atom stereocenters. The molecular weight excluding hydrogens is 198 g/mol. The summed E-state index contributed by atoms with van der Waals surface area (Å²) in [5, 5.41) is 36.3. The van der Waals surface area contributed by atoms with Gasteiger partial charge in [0.1, 0.15) is 12.4 Å². The Morgan fingerprint density at radius 3 is 2.67 bits per heavy atom. The number of carbonyl (C=O) groups is 1. The molecule has 5 heteroatoms. The third-order valence-corrected chi connectivity index (χ3v) is 1.95. The Labute approximate surface area is 85.8 Å². The lowest BCUT2D eigenvalue weighted by atomic mass is 9.99. The summed E-state index contributed by atoms with van der Waals surface area (Å²) in [5.41, 5.74) is 0.117. The Hall–Kier alpha value is -1.74. The van der Waals surface area contributed by atoms with Gasteiger partial charge in [0, 0.05) is 11.1 Å². The molecule has 0 bridgehead atoms. The summed E-state index contributed by atoms with van der Waals surface area (Å²) in [7, 11) is 0. The van der Waals surface area contributed by atoms with E-state index < -0.39 is 11.9 Å². The number of benzene rings is 1. The van der Waals surface area contributed by atoms with Gasteiger partial charge in [0.15, 0.2) is 6.10 Å². The summed E-state index contributed by atoms with van der Waals surface area (Å²) in [4.78, 5) is 10.4. The number of nitrogens with zero attached hydrogens (tertiary/aromatic N) is 1. The van der Waals surface area contributed by atoms with Crippen LogP contribution in [-0.2, 0) is 5.79 Å². The lowest BCUT2D eigenvalue weighted by Crippen LogP contribution is -2.38. The van der Waals surface area contributed by atoms with Crippen molar-refractivity contribution in [1.82, 2.24) is 0 Å². The highest BCUT2D eigenvalue weighted by Gasteiger charge is 2.35. The van der Waals surface area contributed by atoms with Crippen molar-refractivity contribution in [2.24, 2.45) is 0 Å². The van der Waals surface area contributed by atoms with Crippen LogP contribution in [0.2, 0.25) is 0 Å². The minimum absolute atomic E-state index is 0.110. The largest absolute Gasteiger partial charge is 0.373 e. The second-order valence-electron chi connectivity index (χ2n) is 3.00. The first-order chi connectivity index (χ1) is 7.02. The molecular formula is C10H9NO4. The fraction of sp³-hybridized carbons (Fsp3) is 0.200. The molecule has 1 aromatic carbocycles. The minimum atomic E-state index is -2.67. The lowest BCUT2D eigenvalue weighted by Gasteiger charge is -2.23. The second kappa shape index (κ2) is 4.19. The van der Waals surface area contributed by atoms with Gasteiger partial charge < -0.3 is 15.3 Å². The molecule has 0 saturated carbocycles. The molecule has 0 aliphatic rings. The first-order valence-corrected chi connectivity index (χ1v) is 4.10. The molecule has 0 aliphatic carbocycles. The van der Waals surface area contributed by atoms with Crippen LogP contribution in [0.5, 0.6) is 0 Å². The molecule has 0 saturated heterocycles. The van der Waals surface area contributed by atoms with E-state index in [1.807, 2.05) is 0 Å². The van der Waals surface area contributed by atoms with Crippen LogP contribution >= 0.6 is 0 Å². The van der Waals surface area contributed by atoms with Gasteiger partial charge >= 0.3 is 0 Å². The van der Waals surface area contributed by atoms with Crippen molar-refractivity contribution in [3.63, 3.8) is 0 Å². The number of aliphatic hydroxyl groups excluding tert-OH is 1. The van der Waals surface area contributed by atoms with Crippen LogP contribution in [0.25, 0.3) is 0 Å². The van der Waals surface area contributed by atoms with Gasteiger partial charge in [0.25, 0.3) is 0 Å². The lowest BCUT2D eigenvalue weighted by molar-refractivity contribution is -0.218. The van der Waals surface area contributed by atoms with E-state index in [1.54, 1.807) is 0 Å². The fourth-order valence-corrected chi connectivity index (χ4v) is 1.09. The molecule has 1 atom stereocenters. The van der Waals surface area contributed by atoms with Crippen molar-refractivity contribution in [1.29, 1.82) is 5.26 Å². The highest BCUT2D eigenvalue weighted by Crippen LogP contribution is 2.22. The second-order valence-corrected chi connectivity index (χ2v) is 3.00. The highest BCUT2D eigenvalue weighted by molar-refractivity contribution is 5.75. The zero-order chi connectivity index (χ0) is 11.5. The van der Waals surface area contributed by atoms with Crippen molar-refractivity contribution in [2.45, 2.75) is 11.9 Å². The molecule has 0 aliphatic heterocycles. The van der Waals surface area contributed by atoms with Crippen molar-refractivity contribution in [2.75, 3.05) is 0 Å². The maximum Gasteiger partial charge on any atom is 0.230 e. The fourth-order valence-electron chi connectivity index (χ4n) is 1.09. The summed E-state index contributed by atoms with van der Waals surface area (Å²) in [5.74, 6) is -2.67. The molecule has 0 radical (unpaired) electrons. The zero-order valence-electron chi connectivity index (χ0n) is 7.66. The topological polar surface area (TPSA) is 102 Å². The van der Waals surface area contributed by atoms with Gasteiger partial charge in [-0.1, -0.05) is 18.2 Å². The first kappa shape index (κ1) is 11.3. The monoisotopic (exact) mass is 207 g/mol. The number of aliphatic hydroxyl groups is 3. The van der Waals surface area contributed by atoms with Crippen LogP contribution in [0.15, 0.2) is 24.3 Å². The van der Waals surface area contributed by atoms with Crippen LogP contribution in [0, 0.1) is 11.3 Å². The SMILES string of the molecule is N#CC(O)C(O)(O)c1cccc(C=O)c1. The normalized spacial score (nSPS) is 12.9. The number of nitriles is 1. The Morgan fingerprint density at radius 2 is 2.13 bits per heavy atom. The Kier molecular flexibility index (Phi) is 3.17. The number of hydrogen-bond acceptors (Lipinski definition) is 5. The van der Waals surface area contributed by atoms with Crippen molar-refractivity contribution in [3.05, 3.63) is 35.4 Å². The van der Waals surface area contributed by atoms with Gasteiger partial charge in [-0.05, 0) is 6.07 Å². The molecule has 0 fully saturated rings. The average molecular weight is 207 g/mol.